The molecular formula is C13H14ClN5O. The van der Waals surface area contributed by atoms with Crippen LogP contribution < -0.4 is 10.6 Å². The number of hydrogen-bond acceptors (Lipinski definition) is 5. The minimum atomic E-state index is -0.366. The minimum absolute atomic E-state index is 0.226. The van der Waals surface area contributed by atoms with E-state index in [1.54, 1.807) is 12.1 Å². The van der Waals surface area contributed by atoms with E-state index in [0.717, 1.165) is 13.0 Å². The van der Waals surface area contributed by atoms with Gasteiger partial charge in [-0.2, -0.15) is 0 Å². The van der Waals surface area contributed by atoms with E-state index in [1.807, 2.05) is 0 Å². The number of nitrogens with one attached hydrogen (secondary N) is 2. The SMILES string of the molecule is CCCNc1cnc(C(=O)Nc2ccc(Cl)cn2)cn1. The highest BCUT2D eigenvalue weighted by Crippen LogP contribution is 2.10. The molecular weight excluding hydrogens is 278 g/mol. The molecule has 0 unspecified atom stereocenters. The predicted octanol–water partition coefficient (Wildman–Crippen LogP) is 2.60. The van der Waals surface area contributed by atoms with Crippen molar-refractivity contribution in [1.29, 1.82) is 0 Å². The Morgan fingerprint density at radius 3 is 2.55 bits per heavy atom. The fourth-order valence-corrected chi connectivity index (χ4v) is 1.53. The molecule has 0 saturated heterocycles. The van der Waals surface area contributed by atoms with Crippen LogP contribution in [0, 0.1) is 0 Å². The first-order valence-electron chi connectivity index (χ1n) is 6.18. The van der Waals surface area contributed by atoms with E-state index in [1.165, 1.54) is 18.6 Å². The zero-order chi connectivity index (χ0) is 14.4. The van der Waals surface area contributed by atoms with Gasteiger partial charge >= 0.3 is 0 Å². The molecule has 0 aliphatic carbocycles. The molecule has 0 aromatic carbocycles. The second-order valence-electron chi connectivity index (χ2n) is 4.03. The summed E-state index contributed by atoms with van der Waals surface area (Å²) in [5, 5.41) is 6.21. The largest absolute Gasteiger partial charge is 0.369 e. The van der Waals surface area contributed by atoms with Gasteiger partial charge in [0.1, 0.15) is 17.3 Å². The fourth-order valence-electron chi connectivity index (χ4n) is 1.42. The lowest BCUT2D eigenvalue weighted by Gasteiger charge is -2.05. The van der Waals surface area contributed by atoms with E-state index < -0.39 is 0 Å². The molecule has 0 radical (unpaired) electrons. The first-order valence-corrected chi connectivity index (χ1v) is 6.55. The molecule has 2 aromatic heterocycles. The maximum atomic E-state index is 11.9. The minimum Gasteiger partial charge on any atom is -0.369 e. The zero-order valence-corrected chi connectivity index (χ0v) is 11.7. The van der Waals surface area contributed by atoms with Crippen molar-refractivity contribution in [2.75, 3.05) is 17.2 Å². The molecule has 0 fully saturated rings. The summed E-state index contributed by atoms with van der Waals surface area (Å²) in [5.74, 6) is 0.691. The lowest BCUT2D eigenvalue weighted by Crippen LogP contribution is -2.15. The van der Waals surface area contributed by atoms with Gasteiger partial charge in [-0.25, -0.2) is 15.0 Å². The number of rotatable bonds is 5. The molecule has 2 aromatic rings. The lowest BCUT2D eigenvalue weighted by molar-refractivity contribution is 0.102. The van der Waals surface area contributed by atoms with Crippen molar-refractivity contribution in [3.63, 3.8) is 0 Å². The van der Waals surface area contributed by atoms with Crippen molar-refractivity contribution in [3.05, 3.63) is 41.4 Å². The Kier molecular flexibility index (Phi) is 4.84. The molecule has 2 rings (SSSR count). The molecule has 6 nitrogen and oxygen atoms in total. The van der Waals surface area contributed by atoms with Crippen LogP contribution in [-0.2, 0) is 0 Å². The molecule has 0 aliphatic rings. The Labute approximate surface area is 121 Å². The normalized spacial score (nSPS) is 10.1. The van der Waals surface area contributed by atoms with Crippen LogP contribution in [0.15, 0.2) is 30.7 Å². The number of pyridine rings is 1. The number of nitrogens with zero attached hydrogens (tertiary/aromatic N) is 3. The van der Waals surface area contributed by atoms with E-state index in [4.69, 9.17) is 11.6 Å². The quantitative estimate of drug-likeness (QED) is 0.885. The molecule has 20 heavy (non-hydrogen) atoms. The van der Waals surface area contributed by atoms with E-state index in [0.29, 0.717) is 16.7 Å². The average Bonchev–Trinajstić information content (AvgIpc) is 2.48. The number of aromatic nitrogens is 3. The van der Waals surface area contributed by atoms with Crippen molar-refractivity contribution >= 4 is 29.1 Å². The van der Waals surface area contributed by atoms with Gasteiger partial charge in [0.25, 0.3) is 5.91 Å². The van der Waals surface area contributed by atoms with Gasteiger partial charge in [-0.05, 0) is 18.6 Å². The smallest absolute Gasteiger partial charge is 0.277 e. The topological polar surface area (TPSA) is 79.8 Å². The molecule has 104 valence electrons. The molecule has 7 heteroatoms. The van der Waals surface area contributed by atoms with Crippen molar-refractivity contribution in [2.45, 2.75) is 13.3 Å². The Morgan fingerprint density at radius 1 is 1.15 bits per heavy atom. The fraction of sp³-hybridized carbons (Fsp3) is 0.231. The molecule has 2 N–H and O–H groups in total. The zero-order valence-electron chi connectivity index (χ0n) is 10.9. The second kappa shape index (κ2) is 6.81. The summed E-state index contributed by atoms with van der Waals surface area (Å²) in [7, 11) is 0. The van der Waals surface area contributed by atoms with Gasteiger partial charge in [-0.3, -0.25) is 4.79 Å². The van der Waals surface area contributed by atoms with Gasteiger partial charge < -0.3 is 10.6 Å². The van der Waals surface area contributed by atoms with Crippen LogP contribution in [0.4, 0.5) is 11.6 Å². The first kappa shape index (κ1) is 14.2. The highest BCUT2D eigenvalue weighted by Gasteiger charge is 2.09. The maximum absolute atomic E-state index is 11.9. The highest BCUT2D eigenvalue weighted by molar-refractivity contribution is 6.30. The summed E-state index contributed by atoms with van der Waals surface area (Å²) >= 11 is 5.72. The molecule has 0 atom stereocenters. The van der Waals surface area contributed by atoms with Crippen molar-refractivity contribution in [1.82, 2.24) is 15.0 Å². The summed E-state index contributed by atoms with van der Waals surface area (Å²) < 4.78 is 0. The van der Waals surface area contributed by atoms with Crippen molar-refractivity contribution in [3.8, 4) is 0 Å². The molecule has 1 amide bonds. The molecule has 0 aliphatic heterocycles. The number of anilines is 2. The highest BCUT2D eigenvalue weighted by atomic mass is 35.5. The maximum Gasteiger partial charge on any atom is 0.277 e. The predicted molar refractivity (Wildman–Crippen MR) is 78.0 cm³/mol. The molecule has 0 saturated carbocycles. The van der Waals surface area contributed by atoms with Crippen LogP contribution in [0.3, 0.4) is 0 Å². The van der Waals surface area contributed by atoms with Crippen LogP contribution in [0.1, 0.15) is 23.8 Å². The standard InChI is InChI=1S/C13H14ClN5O/c1-2-5-15-12-8-16-10(7-18-12)13(20)19-11-4-3-9(14)6-17-11/h3-4,6-8H,2,5H2,1H3,(H,15,18)(H,17,19,20). The molecule has 0 spiro atoms. The molecule has 0 bridgehead atoms. The third kappa shape index (κ3) is 3.89. The summed E-state index contributed by atoms with van der Waals surface area (Å²) in [6, 6.07) is 3.26. The molecule has 2 heterocycles. The van der Waals surface area contributed by atoms with Crippen LogP contribution in [-0.4, -0.2) is 27.4 Å². The van der Waals surface area contributed by atoms with Gasteiger partial charge in [0.15, 0.2) is 0 Å². The Balaban J connectivity index is 2.00. The van der Waals surface area contributed by atoms with Crippen LogP contribution >= 0.6 is 11.6 Å². The van der Waals surface area contributed by atoms with Crippen LogP contribution in [0.2, 0.25) is 5.02 Å². The van der Waals surface area contributed by atoms with E-state index >= 15 is 0 Å². The summed E-state index contributed by atoms with van der Waals surface area (Å²) in [6.45, 7) is 2.87. The van der Waals surface area contributed by atoms with Crippen LogP contribution in [0.25, 0.3) is 0 Å². The van der Waals surface area contributed by atoms with Gasteiger partial charge in [-0.15, -0.1) is 0 Å². The third-order valence-corrected chi connectivity index (χ3v) is 2.63. The Morgan fingerprint density at radius 2 is 1.95 bits per heavy atom. The number of carbonyl (C=O) groups is 1. The van der Waals surface area contributed by atoms with Gasteiger partial charge in [0, 0.05) is 12.7 Å². The Hall–Kier alpha value is -2.21. The Bertz CT molecular complexity index is 570. The van der Waals surface area contributed by atoms with Gasteiger partial charge in [0.05, 0.1) is 17.4 Å². The lowest BCUT2D eigenvalue weighted by atomic mass is 10.4. The third-order valence-electron chi connectivity index (χ3n) is 2.41. The summed E-state index contributed by atoms with van der Waals surface area (Å²) in [6.07, 6.45) is 5.40. The number of halogens is 1. The average molecular weight is 292 g/mol. The van der Waals surface area contributed by atoms with Crippen molar-refractivity contribution in [2.24, 2.45) is 0 Å². The summed E-state index contributed by atoms with van der Waals surface area (Å²) in [4.78, 5) is 24.1. The van der Waals surface area contributed by atoms with Crippen LogP contribution in [0.5, 0.6) is 0 Å². The number of amides is 1. The number of carbonyl (C=O) groups excluding carboxylic acids is 1. The van der Waals surface area contributed by atoms with E-state index in [-0.39, 0.29) is 11.6 Å². The van der Waals surface area contributed by atoms with E-state index in [2.05, 4.69) is 32.5 Å². The van der Waals surface area contributed by atoms with E-state index in [9.17, 15) is 4.79 Å². The number of hydrogen-bond donors (Lipinski definition) is 2. The van der Waals surface area contributed by atoms with Gasteiger partial charge in [0.2, 0.25) is 0 Å². The first-order chi connectivity index (χ1) is 9.69. The summed E-state index contributed by atoms with van der Waals surface area (Å²) in [5.41, 5.74) is 0.226. The van der Waals surface area contributed by atoms with Crippen molar-refractivity contribution < 1.29 is 4.79 Å². The van der Waals surface area contributed by atoms with Gasteiger partial charge in [-0.1, -0.05) is 18.5 Å². The monoisotopic (exact) mass is 291 g/mol. The second-order valence-corrected chi connectivity index (χ2v) is 4.47.